The third kappa shape index (κ3) is 5.33. The van der Waals surface area contributed by atoms with E-state index in [4.69, 9.17) is 23.2 Å². The number of amides is 1. The largest absolute Gasteiger partial charge is 0.356 e. The predicted molar refractivity (Wildman–Crippen MR) is 90.6 cm³/mol. The Balaban J connectivity index is 0.00000220. The minimum atomic E-state index is 0. The summed E-state index contributed by atoms with van der Waals surface area (Å²) in [6.07, 6.45) is 2.46. The molecule has 1 amide bonds. The maximum atomic E-state index is 12.1. The van der Waals surface area contributed by atoms with Crippen LogP contribution in [0.5, 0.6) is 0 Å². The van der Waals surface area contributed by atoms with Gasteiger partial charge in [0.2, 0.25) is 5.91 Å². The quantitative estimate of drug-likeness (QED) is 0.872. The highest BCUT2D eigenvalue weighted by Gasteiger charge is 2.24. The van der Waals surface area contributed by atoms with Gasteiger partial charge in [-0.3, -0.25) is 4.79 Å². The molecule has 0 saturated carbocycles. The molecule has 0 unspecified atom stereocenters. The summed E-state index contributed by atoms with van der Waals surface area (Å²) in [6, 6.07) is 5.87. The minimum absolute atomic E-state index is 0. The average molecular weight is 352 g/mol. The van der Waals surface area contributed by atoms with Gasteiger partial charge in [-0.25, -0.2) is 0 Å². The van der Waals surface area contributed by atoms with Crippen LogP contribution in [-0.2, 0) is 11.2 Å². The second-order valence-electron chi connectivity index (χ2n) is 5.32. The molecule has 0 aromatic heterocycles. The van der Waals surface area contributed by atoms with E-state index in [1.54, 1.807) is 0 Å². The second-order valence-corrected chi connectivity index (χ2v) is 6.13. The molecule has 1 aromatic carbocycles. The molecular weight excluding hydrogens is 331 g/mol. The zero-order valence-corrected chi connectivity index (χ0v) is 14.3. The molecule has 2 atom stereocenters. The third-order valence-corrected chi connectivity index (χ3v) is 4.44. The summed E-state index contributed by atoms with van der Waals surface area (Å²) in [5, 5.41) is 7.65. The Hall–Kier alpha value is -0.480. The highest BCUT2D eigenvalue weighted by atomic mass is 35.5. The van der Waals surface area contributed by atoms with Gasteiger partial charge in [-0.2, -0.15) is 0 Å². The van der Waals surface area contributed by atoms with Gasteiger partial charge < -0.3 is 10.6 Å². The third-order valence-electron chi connectivity index (χ3n) is 3.73. The van der Waals surface area contributed by atoms with Crippen molar-refractivity contribution >= 4 is 41.5 Å². The van der Waals surface area contributed by atoms with E-state index in [1.807, 2.05) is 18.2 Å². The van der Waals surface area contributed by atoms with Gasteiger partial charge in [0.05, 0.1) is 0 Å². The molecule has 2 N–H and O–H groups in total. The Morgan fingerprint density at radius 3 is 2.67 bits per heavy atom. The first-order chi connectivity index (χ1) is 9.58. The average Bonchev–Trinajstić information content (AvgIpc) is 2.42. The molecule has 1 aliphatic rings. The molecule has 3 nitrogen and oxygen atoms in total. The van der Waals surface area contributed by atoms with Crippen molar-refractivity contribution in [2.45, 2.75) is 32.2 Å². The molecule has 0 spiro atoms. The van der Waals surface area contributed by atoms with Gasteiger partial charge in [0.1, 0.15) is 0 Å². The summed E-state index contributed by atoms with van der Waals surface area (Å²) in [4.78, 5) is 12.1. The van der Waals surface area contributed by atoms with Crippen LogP contribution in [0.4, 0.5) is 0 Å². The molecule has 1 aliphatic heterocycles. The fourth-order valence-corrected chi connectivity index (χ4v) is 3.18. The van der Waals surface area contributed by atoms with E-state index in [2.05, 4.69) is 17.6 Å². The lowest BCUT2D eigenvalue weighted by Crippen LogP contribution is -2.42. The van der Waals surface area contributed by atoms with Crippen molar-refractivity contribution < 1.29 is 4.79 Å². The predicted octanol–water partition coefficient (Wildman–Crippen LogP) is 3.46. The number of rotatable bonds is 4. The van der Waals surface area contributed by atoms with Gasteiger partial charge in [0.25, 0.3) is 0 Å². The van der Waals surface area contributed by atoms with Crippen molar-refractivity contribution in [3.63, 3.8) is 0 Å². The van der Waals surface area contributed by atoms with E-state index < -0.39 is 0 Å². The standard InChI is InChI=1S/C15H20Cl2N2O.ClH/c1-10-9-11(5-7-18-10)15(20)19-8-6-12-13(16)3-2-4-14(12)17;/h2-4,10-11,18H,5-9H2,1H3,(H,19,20);1H/t10-,11-;/m0./s1. The summed E-state index contributed by atoms with van der Waals surface area (Å²) >= 11 is 12.2. The molecular formula is C15H21Cl3N2O. The summed E-state index contributed by atoms with van der Waals surface area (Å²) in [5.74, 6) is 0.259. The first kappa shape index (κ1) is 18.6. The monoisotopic (exact) mass is 350 g/mol. The Kier molecular flexibility index (Phi) is 7.82. The lowest BCUT2D eigenvalue weighted by Gasteiger charge is -2.27. The van der Waals surface area contributed by atoms with Crippen molar-refractivity contribution in [2.24, 2.45) is 5.92 Å². The van der Waals surface area contributed by atoms with Crippen LogP contribution < -0.4 is 10.6 Å². The molecule has 1 heterocycles. The SMILES string of the molecule is C[C@H]1C[C@@H](C(=O)NCCc2c(Cl)cccc2Cl)CCN1.Cl. The highest BCUT2D eigenvalue weighted by Crippen LogP contribution is 2.24. The molecule has 1 saturated heterocycles. The fraction of sp³-hybridized carbons (Fsp3) is 0.533. The molecule has 0 radical (unpaired) electrons. The Morgan fingerprint density at radius 2 is 2.05 bits per heavy atom. The topological polar surface area (TPSA) is 41.1 Å². The normalized spacial score (nSPS) is 21.5. The summed E-state index contributed by atoms with van der Waals surface area (Å²) in [7, 11) is 0. The van der Waals surface area contributed by atoms with Gasteiger partial charge in [0.15, 0.2) is 0 Å². The van der Waals surface area contributed by atoms with Crippen molar-refractivity contribution in [1.82, 2.24) is 10.6 Å². The number of piperidine rings is 1. The number of nitrogens with one attached hydrogen (secondary N) is 2. The van der Waals surface area contributed by atoms with Crippen molar-refractivity contribution in [3.8, 4) is 0 Å². The number of hydrogen-bond donors (Lipinski definition) is 2. The number of carbonyl (C=O) groups is 1. The van der Waals surface area contributed by atoms with Crippen LogP contribution in [0.15, 0.2) is 18.2 Å². The number of halogens is 3. The van der Waals surface area contributed by atoms with Crippen molar-refractivity contribution in [3.05, 3.63) is 33.8 Å². The van der Waals surface area contributed by atoms with Gasteiger partial charge in [-0.1, -0.05) is 29.3 Å². The molecule has 6 heteroatoms. The van der Waals surface area contributed by atoms with E-state index in [1.165, 1.54) is 0 Å². The van der Waals surface area contributed by atoms with Crippen LogP contribution in [0.3, 0.4) is 0 Å². The van der Waals surface area contributed by atoms with Crippen LogP contribution >= 0.6 is 35.6 Å². The van der Waals surface area contributed by atoms with Gasteiger partial charge in [-0.15, -0.1) is 12.4 Å². The second kappa shape index (κ2) is 8.84. The van der Waals surface area contributed by atoms with Crippen molar-refractivity contribution in [1.29, 1.82) is 0 Å². The Morgan fingerprint density at radius 1 is 1.38 bits per heavy atom. The zero-order chi connectivity index (χ0) is 14.5. The van der Waals surface area contributed by atoms with Gasteiger partial charge >= 0.3 is 0 Å². The van der Waals surface area contributed by atoms with Gasteiger partial charge in [-0.05, 0) is 50.4 Å². The number of hydrogen-bond acceptors (Lipinski definition) is 2. The van der Waals surface area contributed by atoms with Crippen LogP contribution in [-0.4, -0.2) is 25.0 Å². The van der Waals surface area contributed by atoms with E-state index >= 15 is 0 Å². The Bertz CT molecular complexity index is 462. The van der Waals surface area contributed by atoms with E-state index in [-0.39, 0.29) is 24.2 Å². The highest BCUT2D eigenvalue weighted by molar-refractivity contribution is 6.35. The van der Waals surface area contributed by atoms with Crippen molar-refractivity contribution in [2.75, 3.05) is 13.1 Å². The molecule has 1 aromatic rings. The molecule has 2 rings (SSSR count). The summed E-state index contributed by atoms with van der Waals surface area (Å²) in [6.45, 7) is 3.60. The molecule has 0 aliphatic carbocycles. The fourth-order valence-electron chi connectivity index (χ4n) is 2.60. The van der Waals surface area contributed by atoms with Crippen LogP contribution in [0.2, 0.25) is 10.0 Å². The first-order valence-electron chi connectivity index (χ1n) is 7.02. The molecule has 118 valence electrons. The summed E-state index contributed by atoms with van der Waals surface area (Å²) < 4.78 is 0. The maximum Gasteiger partial charge on any atom is 0.223 e. The Labute approximate surface area is 142 Å². The molecule has 1 fully saturated rings. The van der Waals surface area contributed by atoms with E-state index in [0.29, 0.717) is 29.1 Å². The zero-order valence-electron chi connectivity index (χ0n) is 12.0. The van der Waals surface area contributed by atoms with E-state index in [0.717, 1.165) is 24.9 Å². The molecule has 0 bridgehead atoms. The number of benzene rings is 1. The first-order valence-corrected chi connectivity index (χ1v) is 7.77. The lowest BCUT2D eigenvalue weighted by atomic mass is 9.92. The number of carbonyl (C=O) groups excluding carboxylic acids is 1. The maximum absolute atomic E-state index is 12.1. The van der Waals surface area contributed by atoms with E-state index in [9.17, 15) is 4.79 Å². The lowest BCUT2D eigenvalue weighted by molar-refractivity contribution is -0.126. The minimum Gasteiger partial charge on any atom is -0.356 e. The van der Waals surface area contributed by atoms with Crippen LogP contribution in [0.25, 0.3) is 0 Å². The van der Waals surface area contributed by atoms with Crippen LogP contribution in [0, 0.1) is 5.92 Å². The smallest absolute Gasteiger partial charge is 0.223 e. The van der Waals surface area contributed by atoms with Gasteiger partial charge in [0, 0.05) is 28.5 Å². The van der Waals surface area contributed by atoms with Crippen LogP contribution in [0.1, 0.15) is 25.3 Å². The summed E-state index contributed by atoms with van der Waals surface area (Å²) in [5.41, 5.74) is 0.898. The molecule has 21 heavy (non-hydrogen) atoms.